The summed E-state index contributed by atoms with van der Waals surface area (Å²) in [5, 5.41) is 0. The largest absolute Gasteiger partial charge is 0.454 e. The summed E-state index contributed by atoms with van der Waals surface area (Å²) in [5.41, 5.74) is 3.07. The van der Waals surface area contributed by atoms with Crippen LogP contribution in [0, 0.1) is 0 Å². The van der Waals surface area contributed by atoms with Gasteiger partial charge < -0.3 is 23.8 Å². The van der Waals surface area contributed by atoms with Crippen molar-refractivity contribution in [3.63, 3.8) is 0 Å². The molecule has 2 heterocycles. The molecule has 7 nitrogen and oxygen atoms in total. The highest BCUT2D eigenvalue weighted by Crippen LogP contribution is 2.33. The van der Waals surface area contributed by atoms with Crippen LogP contribution in [0.4, 0.5) is 11.4 Å². The van der Waals surface area contributed by atoms with E-state index in [1.165, 1.54) is 0 Å². The van der Waals surface area contributed by atoms with Gasteiger partial charge in [-0.3, -0.25) is 4.99 Å². The van der Waals surface area contributed by atoms with Crippen LogP contribution < -0.4 is 19.1 Å². The first-order valence-electron chi connectivity index (χ1n) is 10.4. The quantitative estimate of drug-likeness (QED) is 0.343. The second-order valence-corrected chi connectivity index (χ2v) is 7.37. The number of ether oxygens (including phenoxy) is 4. The Morgan fingerprint density at radius 1 is 0.938 bits per heavy atom. The fourth-order valence-corrected chi connectivity index (χ4v) is 3.58. The van der Waals surface area contributed by atoms with Crippen molar-refractivity contribution in [1.29, 1.82) is 0 Å². The first-order valence-corrected chi connectivity index (χ1v) is 10.4. The molecule has 0 spiro atoms. The number of hydrogen-bond donors (Lipinski definition) is 0. The molecule has 0 saturated carbocycles. The summed E-state index contributed by atoms with van der Waals surface area (Å²) in [5.74, 6) is 1.12. The Labute approximate surface area is 185 Å². The Morgan fingerprint density at radius 3 is 2.56 bits per heavy atom. The van der Waals surface area contributed by atoms with Gasteiger partial charge in [-0.05, 0) is 54.6 Å². The maximum absolute atomic E-state index is 12.7. The number of carbonyl (C=O) groups excluding carboxylic acids is 1. The van der Waals surface area contributed by atoms with E-state index in [0.717, 1.165) is 37.7 Å². The molecule has 1 saturated heterocycles. The van der Waals surface area contributed by atoms with E-state index in [1.807, 2.05) is 30.3 Å². The van der Waals surface area contributed by atoms with Crippen molar-refractivity contribution in [3.05, 3.63) is 77.9 Å². The van der Waals surface area contributed by atoms with Gasteiger partial charge in [-0.15, -0.1) is 0 Å². The van der Waals surface area contributed by atoms with E-state index >= 15 is 0 Å². The average Bonchev–Trinajstić information content (AvgIpc) is 3.32. The minimum atomic E-state index is -0.473. The summed E-state index contributed by atoms with van der Waals surface area (Å²) in [6.07, 6.45) is 1.70. The third-order valence-electron chi connectivity index (χ3n) is 5.31. The van der Waals surface area contributed by atoms with Crippen LogP contribution in [-0.4, -0.2) is 45.3 Å². The standard InChI is InChI=1S/C25H22N2O5/c28-25(18-5-10-23-24(15-18)31-17-30-23)32-22-4-2-1-3-19(22)16-26-20-6-8-21(9-7-20)27-11-13-29-14-12-27/h1-10,15-16H,11-14,17H2. The Bertz CT molecular complexity index is 1140. The number of para-hydroxylation sites is 1. The summed E-state index contributed by atoms with van der Waals surface area (Å²) in [6, 6.07) is 20.3. The van der Waals surface area contributed by atoms with Gasteiger partial charge in [-0.25, -0.2) is 4.79 Å². The topological polar surface area (TPSA) is 69.6 Å². The number of esters is 1. The molecule has 0 unspecified atom stereocenters. The Kier molecular flexibility index (Phi) is 5.72. The summed E-state index contributed by atoms with van der Waals surface area (Å²) in [4.78, 5) is 19.5. The number of benzene rings is 3. The molecule has 3 aromatic carbocycles. The van der Waals surface area contributed by atoms with E-state index in [9.17, 15) is 4.79 Å². The smallest absolute Gasteiger partial charge is 0.343 e. The van der Waals surface area contributed by atoms with Gasteiger partial charge in [0, 0.05) is 30.6 Å². The lowest BCUT2D eigenvalue weighted by atomic mass is 10.2. The van der Waals surface area contributed by atoms with Gasteiger partial charge in [0.1, 0.15) is 5.75 Å². The molecular formula is C25H22N2O5. The molecule has 162 valence electrons. The fraction of sp³-hybridized carbons (Fsp3) is 0.200. The maximum atomic E-state index is 12.7. The molecular weight excluding hydrogens is 408 g/mol. The molecule has 0 aromatic heterocycles. The average molecular weight is 430 g/mol. The Balaban J connectivity index is 1.29. The van der Waals surface area contributed by atoms with E-state index in [4.69, 9.17) is 18.9 Å². The molecule has 0 amide bonds. The summed E-state index contributed by atoms with van der Waals surface area (Å²) in [6.45, 7) is 3.44. The van der Waals surface area contributed by atoms with Gasteiger partial charge in [0.2, 0.25) is 6.79 Å². The zero-order valence-corrected chi connectivity index (χ0v) is 17.4. The van der Waals surface area contributed by atoms with Gasteiger partial charge in [0.05, 0.1) is 24.5 Å². The SMILES string of the molecule is O=C(Oc1ccccc1C=Nc1ccc(N2CCOCC2)cc1)c1ccc2c(c1)OCO2. The zero-order valence-electron chi connectivity index (χ0n) is 17.4. The molecule has 3 aromatic rings. The number of fused-ring (bicyclic) bond motifs is 1. The fourth-order valence-electron chi connectivity index (χ4n) is 3.58. The summed E-state index contributed by atoms with van der Waals surface area (Å²) < 4.78 is 21.7. The predicted octanol–water partition coefficient (Wildman–Crippen LogP) is 4.22. The molecule has 1 fully saturated rings. The van der Waals surface area contributed by atoms with Crippen LogP contribution in [-0.2, 0) is 4.74 Å². The summed E-state index contributed by atoms with van der Waals surface area (Å²) >= 11 is 0. The van der Waals surface area contributed by atoms with Gasteiger partial charge >= 0.3 is 5.97 Å². The first kappa shape index (κ1) is 20.1. The lowest BCUT2D eigenvalue weighted by Gasteiger charge is -2.28. The lowest BCUT2D eigenvalue weighted by Crippen LogP contribution is -2.36. The van der Waals surface area contributed by atoms with Crippen LogP contribution in [0.3, 0.4) is 0 Å². The van der Waals surface area contributed by atoms with Crippen molar-refractivity contribution < 1.29 is 23.7 Å². The molecule has 2 aliphatic heterocycles. The van der Waals surface area contributed by atoms with Crippen LogP contribution in [0.1, 0.15) is 15.9 Å². The van der Waals surface area contributed by atoms with E-state index in [-0.39, 0.29) is 6.79 Å². The van der Waals surface area contributed by atoms with E-state index < -0.39 is 5.97 Å². The van der Waals surface area contributed by atoms with E-state index in [0.29, 0.717) is 28.4 Å². The highest BCUT2D eigenvalue weighted by molar-refractivity contribution is 5.94. The molecule has 0 N–H and O–H groups in total. The lowest BCUT2D eigenvalue weighted by molar-refractivity contribution is 0.0734. The van der Waals surface area contributed by atoms with Crippen LogP contribution >= 0.6 is 0 Å². The molecule has 0 atom stereocenters. The van der Waals surface area contributed by atoms with Crippen molar-refractivity contribution in [2.24, 2.45) is 4.99 Å². The number of anilines is 1. The third-order valence-corrected chi connectivity index (χ3v) is 5.31. The zero-order chi connectivity index (χ0) is 21.8. The molecule has 5 rings (SSSR count). The number of morpholine rings is 1. The molecule has 0 aliphatic carbocycles. The van der Waals surface area contributed by atoms with Crippen molar-refractivity contribution >= 4 is 23.6 Å². The van der Waals surface area contributed by atoms with Gasteiger partial charge in [-0.2, -0.15) is 0 Å². The minimum Gasteiger partial charge on any atom is -0.454 e. The number of nitrogens with zero attached hydrogens (tertiary/aromatic N) is 2. The van der Waals surface area contributed by atoms with E-state index in [2.05, 4.69) is 22.0 Å². The molecule has 32 heavy (non-hydrogen) atoms. The van der Waals surface area contributed by atoms with Crippen molar-refractivity contribution in [3.8, 4) is 17.2 Å². The normalized spacial score (nSPS) is 15.2. The first-order chi connectivity index (χ1) is 15.8. The molecule has 2 aliphatic rings. The minimum absolute atomic E-state index is 0.153. The number of aliphatic imine (C=N–C) groups is 1. The highest BCUT2D eigenvalue weighted by Gasteiger charge is 2.18. The van der Waals surface area contributed by atoms with Gasteiger partial charge in [0.15, 0.2) is 11.5 Å². The van der Waals surface area contributed by atoms with Gasteiger partial charge in [0.25, 0.3) is 0 Å². The monoisotopic (exact) mass is 430 g/mol. The Morgan fingerprint density at radius 2 is 1.72 bits per heavy atom. The highest BCUT2D eigenvalue weighted by atomic mass is 16.7. The van der Waals surface area contributed by atoms with Crippen molar-refractivity contribution in [2.45, 2.75) is 0 Å². The van der Waals surface area contributed by atoms with Crippen LogP contribution in [0.15, 0.2) is 71.7 Å². The number of hydrogen-bond acceptors (Lipinski definition) is 7. The molecule has 7 heteroatoms. The number of rotatable bonds is 5. The second kappa shape index (κ2) is 9.11. The Hall–Kier alpha value is -3.84. The number of carbonyl (C=O) groups is 1. The summed E-state index contributed by atoms with van der Waals surface area (Å²) in [7, 11) is 0. The van der Waals surface area contributed by atoms with Crippen LogP contribution in [0.25, 0.3) is 0 Å². The van der Waals surface area contributed by atoms with Crippen molar-refractivity contribution in [2.75, 3.05) is 38.0 Å². The van der Waals surface area contributed by atoms with Crippen molar-refractivity contribution in [1.82, 2.24) is 0 Å². The van der Waals surface area contributed by atoms with E-state index in [1.54, 1.807) is 30.5 Å². The maximum Gasteiger partial charge on any atom is 0.343 e. The molecule has 0 bridgehead atoms. The predicted molar refractivity (Wildman–Crippen MR) is 121 cm³/mol. The second-order valence-electron chi connectivity index (χ2n) is 7.37. The van der Waals surface area contributed by atoms with Crippen LogP contribution in [0.2, 0.25) is 0 Å². The van der Waals surface area contributed by atoms with Crippen LogP contribution in [0.5, 0.6) is 17.2 Å². The third kappa shape index (κ3) is 4.43. The molecule has 0 radical (unpaired) electrons. The van der Waals surface area contributed by atoms with Gasteiger partial charge in [-0.1, -0.05) is 12.1 Å².